The highest BCUT2D eigenvalue weighted by atomic mass is 35.5. The summed E-state index contributed by atoms with van der Waals surface area (Å²) in [6.07, 6.45) is 0. The SMILES string of the molecule is CC(C)c1cc(C(=O)N2Cc3ccc(CN4CCNCC4)cc3C2)c(OCc2ccccc2)cc1OCc1ccccc1.Cl. The van der Waals surface area contributed by atoms with Gasteiger partial charge in [0.2, 0.25) is 0 Å². The van der Waals surface area contributed by atoms with Crippen LogP contribution in [0.2, 0.25) is 0 Å². The molecule has 1 saturated heterocycles. The summed E-state index contributed by atoms with van der Waals surface area (Å²) in [7, 11) is 0. The second-order valence-electron chi connectivity index (χ2n) is 11.9. The third-order valence-corrected chi connectivity index (χ3v) is 8.33. The van der Waals surface area contributed by atoms with Gasteiger partial charge < -0.3 is 19.7 Å². The zero-order chi connectivity index (χ0) is 29.6. The molecule has 2 aliphatic rings. The van der Waals surface area contributed by atoms with E-state index in [0.29, 0.717) is 37.6 Å². The molecule has 6 nitrogen and oxygen atoms in total. The number of fused-ring (bicyclic) bond motifs is 1. The van der Waals surface area contributed by atoms with E-state index in [0.717, 1.165) is 55.2 Å². The van der Waals surface area contributed by atoms with Crippen LogP contribution in [0.5, 0.6) is 11.5 Å². The molecule has 0 atom stereocenters. The largest absolute Gasteiger partial charge is 0.488 e. The Morgan fingerprint density at radius 2 is 1.36 bits per heavy atom. The Bertz CT molecular complexity index is 1540. The summed E-state index contributed by atoms with van der Waals surface area (Å²) in [5, 5.41) is 3.42. The van der Waals surface area contributed by atoms with Gasteiger partial charge >= 0.3 is 0 Å². The molecule has 2 heterocycles. The molecule has 6 rings (SSSR count). The van der Waals surface area contributed by atoms with Gasteiger partial charge in [0, 0.05) is 51.9 Å². The van der Waals surface area contributed by atoms with Crippen molar-refractivity contribution in [3.63, 3.8) is 0 Å². The average Bonchev–Trinajstić information content (AvgIpc) is 3.47. The van der Waals surface area contributed by atoms with Gasteiger partial charge in [0.1, 0.15) is 24.7 Å². The van der Waals surface area contributed by atoms with Gasteiger partial charge in [0.15, 0.2) is 0 Å². The van der Waals surface area contributed by atoms with Crippen LogP contribution in [0, 0.1) is 0 Å². The van der Waals surface area contributed by atoms with E-state index >= 15 is 0 Å². The first-order valence-corrected chi connectivity index (χ1v) is 15.4. The van der Waals surface area contributed by atoms with Crippen LogP contribution in [-0.2, 0) is 32.8 Å². The van der Waals surface area contributed by atoms with E-state index in [1.165, 1.54) is 16.7 Å². The van der Waals surface area contributed by atoms with Gasteiger partial charge in [0.05, 0.1) is 5.56 Å². The summed E-state index contributed by atoms with van der Waals surface area (Å²) in [5.74, 6) is 1.46. The molecule has 7 heteroatoms. The van der Waals surface area contributed by atoms with Crippen molar-refractivity contribution in [2.75, 3.05) is 26.2 Å². The van der Waals surface area contributed by atoms with Crippen molar-refractivity contribution < 1.29 is 14.3 Å². The lowest BCUT2D eigenvalue weighted by Gasteiger charge is -2.27. The Morgan fingerprint density at radius 1 is 0.750 bits per heavy atom. The van der Waals surface area contributed by atoms with Crippen molar-refractivity contribution in [1.82, 2.24) is 15.1 Å². The van der Waals surface area contributed by atoms with Gasteiger partial charge in [-0.05, 0) is 45.4 Å². The van der Waals surface area contributed by atoms with Gasteiger partial charge in [-0.2, -0.15) is 0 Å². The number of piperazine rings is 1. The number of nitrogens with zero attached hydrogens (tertiary/aromatic N) is 2. The number of benzene rings is 4. The maximum absolute atomic E-state index is 14.2. The number of hydrogen-bond acceptors (Lipinski definition) is 5. The summed E-state index contributed by atoms with van der Waals surface area (Å²) in [6, 6.07) is 30.8. The fraction of sp³-hybridized carbons (Fsp3) is 0.324. The highest BCUT2D eigenvalue weighted by Gasteiger charge is 2.28. The Hall–Kier alpha value is -3.84. The van der Waals surface area contributed by atoms with Crippen molar-refractivity contribution >= 4 is 18.3 Å². The molecule has 230 valence electrons. The normalized spacial score (nSPS) is 14.7. The maximum atomic E-state index is 14.2. The molecule has 1 amide bonds. The Kier molecular flexibility index (Phi) is 10.6. The summed E-state index contributed by atoms with van der Waals surface area (Å²) < 4.78 is 12.7. The molecule has 1 N–H and O–H groups in total. The maximum Gasteiger partial charge on any atom is 0.258 e. The third kappa shape index (κ3) is 7.62. The minimum atomic E-state index is -0.0144. The first-order valence-electron chi connectivity index (χ1n) is 15.4. The minimum absolute atomic E-state index is 0. The second kappa shape index (κ2) is 14.8. The molecule has 0 saturated carbocycles. The molecule has 0 spiro atoms. The molecule has 0 bridgehead atoms. The molecule has 0 aliphatic carbocycles. The lowest BCUT2D eigenvalue weighted by Crippen LogP contribution is -2.42. The summed E-state index contributed by atoms with van der Waals surface area (Å²) >= 11 is 0. The number of carbonyl (C=O) groups is 1. The number of nitrogens with one attached hydrogen (secondary N) is 1. The fourth-order valence-electron chi connectivity index (χ4n) is 5.90. The Morgan fingerprint density at radius 3 is 2.00 bits per heavy atom. The summed E-state index contributed by atoms with van der Waals surface area (Å²) in [4.78, 5) is 18.6. The Labute approximate surface area is 267 Å². The van der Waals surface area contributed by atoms with Crippen LogP contribution in [0.25, 0.3) is 0 Å². The first-order chi connectivity index (χ1) is 21.0. The molecule has 2 aliphatic heterocycles. The van der Waals surface area contributed by atoms with Crippen LogP contribution < -0.4 is 14.8 Å². The zero-order valence-electron chi connectivity index (χ0n) is 25.6. The average molecular weight is 612 g/mol. The number of amides is 1. The molecule has 0 unspecified atom stereocenters. The van der Waals surface area contributed by atoms with E-state index in [1.54, 1.807) is 0 Å². The number of rotatable bonds is 10. The molecule has 4 aromatic carbocycles. The molecule has 44 heavy (non-hydrogen) atoms. The fourth-order valence-corrected chi connectivity index (χ4v) is 5.90. The zero-order valence-corrected chi connectivity index (χ0v) is 26.4. The number of carbonyl (C=O) groups excluding carboxylic acids is 1. The predicted molar refractivity (Wildman–Crippen MR) is 177 cm³/mol. The van der Waals surface area contributed by atoms with E-state index in [-0.39, 0.29) is 24.2 Å². The van der Waals surface area contributed by atoms with E-state index in [4.69, 9.17) is 9.47 Å². The van der Waals surface area contributed by atoms with E-state index in [2.05, 4.69) is 54.4 Å². The molecule has 1 fully saturated rings. The van der Waals surface area contributed by atoms with Gasteiger partial charge in [0.25, 0.3) is 5.91 Å². The Balaban J connectivity index is 0.00000384. The van der Waals surface area contributed by atoms with Crippen molar-refractivity contribution in [3.05, 3.63) is 130 Å². The lowest BCUT2D eigenvalue weighted by molar-refractivity contribution is 0.0746. The quantitative estimate of drug-likeness (QED) is 0.210. The molecule has 0 radical (unpaired) electrons. The van der Waals surface area contributed by atoms with Gasteiger partial charge in [-0.3, -0.25) is 9.69 Å². The van der Waals surface area contributed by atoms with Crippen LogP contribution in [0.4, 0.5) is 0 Å². The van der Waals surface area contributed by atoms with Crippen LogP contribution in [-0.4, -0.2) is 41.9 Å². The van der Waals surface area contributed by atoms with Crippen LogP contribution >= 0.6 is 12.4 Å². The standard InChI is InChI=1S/C37H41N3O3.ClH/c1-27(2)33-20-34(37(41)40-23-31-14-13-30(19-32(31)24-40)22-39-17-15-38-16-18-39)36(43-26-29-11-7-4-8-12-29)21-35(33)42-25-28-9-5-3-6-10-28;/h3-14,19-21,27,38H,15-18,22-26H2,1-2H3;1H. The smallest absolute Gasteiger partial charge is 0.258 e. The van der Waals surface area contributed by atoms with Crippen molar-refractivity contribution in [3.8, 4) is 11.5 Å². The topological polar surface area (TPSA) is 54.0 Å². The van der Waals surface area contributed by atoms with E-state index in [1.807, 2.05) is 65.6 Å². The summed E-state index contributed by atoms with van der Waals surface area (Å²) in [5.41, 5.74) is 7.49. The summed E-state index contributed by atoms with van der Waals surface area (Å²) in [6.45, 7) is 11.4. The second-order valence-corrected chi connectivity index (χ2v) is 11.9. The predicted octanol–water partition coefficient (Wildman–Crippen LogP) is 6.95. The van der Waals surface area contributed by atoms with Crippen LogP contribution in [0.1, 0.15) is 63.5 Å². The third-order valence-electron chi connectivity index (χ3n) is 8.33. The van der Waals surface area contributed by atoms with Gasteiger partial charge in [-0.15, -0.1) is 12.4 Å². The number of halogens is 1. The lowest BCUT2D eigenvalue weighted by atomic mass is 9.98. The molecular weight excluding hydrogens is 570 g/mol. The first kappa shape index (κ1) is 31.6. The van der Waals surface area contributed by atoms with Crippen molar-refractivity contribution in [2.45, 2.75) is 52.6 Å². The number of ether oxygens (including phenoxy) is 2. The van der Waals surface area contributed by atoms with Gasteiger partial charge in [-0.25, -0.2) is 0 Å². The molecular formula is C37H42ClN3O3. The molecule has 4 aromatic rings. The van der Waals surface area contributed by atoms with Crippen molar-refractivity contribution in [2.24, 2.45) is 0 Å². The van der Waals surface area contributed by atoms with Gasteiger partial charge in [-0.1, -0.05) is 92.7 Å². The van der Waals surface area contributed by atoms with Crippen molar-refractivity contribution in [1.29, 1.82) is 0 Å². The number of hydrogen-bond donors (Lipinski definition) is 1. The highest BCUT2D eigenvalue weighted by Crippen LogP contribution is 2.37. The van der Waals surface area contributed by atoms with E-state index < -0.39 is 0 Å². The molecule has 0 aromatic heterocycles. The van der Waals surface area contributed by atoms with Crippen LogP contribution in [0.15, 0.2) is 91.0 Å². The minimum Gasteiger partial charge on any atom is -0.488 e. The van der Waals surface area contributed by atoms with Crippen LogP contribution in [0.3, 0.4) is 0 Å². The van der Waals surface area contributed by atoms with E-state index in [9.17, 15) is 4.79 Å². The monoisotopic (exact) mass is 611 g/mol. The highest BCUT2D eigenvalue weighted by molar-refractivity contribution is 5.98.